The number of pyridine rings is 1. The predicted octanol–water partition coefficient (Wildman–Crippen LogP) is 2.87. The fourth-order valence-electron chi connectivity index (χ4n) is 3.64. The minimum atomic E-state index is 0.264. The van der Waals surface area contributed by atoms with Crippen LogP contribution in [0.5, 0.6) is 5.75 Å². The summed E-state index contributed by atoms with van der Waals surface area (Å²) in [5, 5.41) is 10.7. The SMILES string of the molecule is COCCCN(Cc1cnc2cc(O)ccc2c1)C1CCN(C)CC1. The molecule has 0 saturated carbocycles. The van der Waals surface area contributed by atoms with Crippen LogP contribution in [0.3, 0.4) is 0 Å². The average molecular weight is 343 g/mol. The minimum absolute atomic E-state index is 0.264. The quantitative estimate of drug-likeness (QED) is 0.784. The maximum atomic E-state index is 9.59. The largest absolute Gasteiger partial charge is 0.508 e. The third-order valence-electron chi connectivity index (χ3n) is 5.11. The van der Waals surface area contributed by atoms with Crippen molar-refractivity contribution in [1.82, 2.24) is 14.8 Å². The van der Waals surface area contributed by atoms with Crippen molar-refractivity contribution in [2.24, 2.45) is 0 Å². The summed E-state index contributed by atoms with van der Waals surface area (Å²) >= 11 is 0. The van der Waals surface area contributed by atoms with E-state index >= 15 is 0 Å². The number of hydrogen-bond acceptors (Lipinski definition) is 5. The van der Waals surface area contributed by atoms with Crippen LogP contribution in [0.25, 0.3) is 10.9 Å². The highest BCUT2D eigenvalue weighted by Crippen LogP contribution is 2.22. The molecule has 0 aliphatic carbocycles. The van der Waals surface area contributed by atoms with E-state index in [9.17, 15) is 5.11 Å². The van der Waals surface area contributed by atoms with E-state index in [-0.39, 0.29) is 5.75 Å². The number of phenols is 1. The van der Waals surface area contributed by atoms with Gasteiger partial charge in [-0.3, -0.25) is 9.88 Å². The number of likely N-dealkylation sites (tertiary alicyclic amines) is 1. The van der Waals surface area contributed by atoms with Crippen molar-refractivity contribution in [2.45, 2.75) is 31.8 Å². The first-order chi connectivity index (χ1) is 12.2. The first-order valence-electron chi connectivity index (χ1n) is 9.15. The number of hydrogen-bond donors (Lipinski definition) is 1. The summed E-state index contributed by atoms with van der Waals surface area (Å²) in [5.41, 5.74) is 2.07. The monoisotopic (exact) mass is 343 g/mol. The van der Waals surface area contributed by atoms with E-state index in [4.69, 9.17) is 4.74 Å². The number of piperidine rings is 1. The molecule has 25 heavy (non-hydrogen) atoms. The molecule has 136 valence electrons. The summed E-state index contributed by atoms with van der Waals surface area (Å²) in [4.78, 5) is 9.53. The lowest BCUT2D eigenvalue weighted by Gasteiger charge is -2.37. The molecule has 1 aliphatic rings. The maximum Gasteiger partial charge on any atom is 0.117 e. The van der Waals surface area contributed by atoms with Crippen molar-refractivity contribution >= 4 is 10.9 Å². The van der Waals surface area contributed by atoms with Gasteiger partial charge in [-0.15, -0.1) is 0 Å². The van der Waals surface area contributed by atoms with Crippen LogP contribution in [-0.4, -0.2) is 66.3 Å². The first kappa shape index (κ1) is 18.1. The van der Waals surface area contributed by atoms with Gasteiger partial charge in [-0.2, -0.15) is 0 Å². The standard InChI is InChI=1S/C20H29N3O2/c1-22-9-6-18(7-10-22)23(8-3-11-25-2)15-16-12-17-4-5-19(24)13-20(17)21-14-16/h4-5,12-14,18,24H,3,6-11,15H2,1-2H3. The summed E-state index contributed by atoms with van der Waals surface area (Å²) in [6.07, 6.45) is 5.44. The molecular weight excluding hydrogens is 314 g/mol. The van der Waals surface area contributed by atoms with E-state index in [1.807, 2.05) is 12.3 Å². The smallest absolute Gasteiger partial charge is 0.117 e. The topological polar surface area (TPSA) is 48.8 Å². The molecule has 1 aliphatic heterocycles. The highest BCUT2D eigenvalue weighted by Gasteiger charge is 2.23. The number of phenolic OH excluding ortho intramolecular Hbond substituents is 1. The van der Waals surface area contributed by atoms with Gasteiger partial charge in [0.05, 0.1) is 5.52 Å². The van der Waals surface area contributed by atoms with Gasteiger partial charge in [-0.25, -0.2) is 0 Å². The lowest BCUT2D eigenvalue weighted by Crippen LogP contribution is -2.44. The fourth-order valence-corrected chi connectivity index (χ4v) is 3.64. The van der Waals surface area contributed by atoms with Gasteiger partial charge in [0.2, 0.25) is 0 Å². The van der Waals surface area contributed by atoms with Gasteiger partial charge in [0.25, 0.3) is 0 Å². The molecule has 1 fully saturated rings. The highest BCUT2D eigenvalue weighted by atomic mass is 16.5. The second-order valence-electron chi connectivity index (χ2n) is 7.07. The third-order valence-corrected chi connectivity index (χ3v) is 5.11. The Morgan fingerprint density at radius 3 is 2.84 bits per heavy atom. The zero-order valence-electron chi connectivity index (χ0n) is 15.3. The number of aromatic hydroxyl groups is 1. The molecule has 0 unspecified atom stereocenters. The van der Waals surface area contributed by atoms with E-state index in [0.717, 1.165) is 37.0 Å². The number of fused-ring (bicyclic) bond motifs is 1. The molecule has 2 aromatic rings. The van der Waals surface area contributed by atoms with Gasteiger partial charge < -0.3 is 14.7 Å². The van der Waals surface area contributed by atoms with Gasteiger partial charge in [0.15, 0.2) is 0 Å². The van der Waals surface area contributed by atoms with Crippen LogP contribution in [0.1, 0.15) is 24.8 Å². The van der Waals surface area contributed by atoms with E-state index in [1.54, 1.807) is 19.2 Å². The van der Waals surface area contributed by atoms with Crippen LogP contribution in [-0.2, 0) is 11.3 Å². The van der Waals surface area contributed by atoms with Crippen molar-refractivity contribution in [3.8, 4) is 5.75 Å². The number of aromatic nitrogens is 1. The van der Waals surface area contributed by atoms with Gasteiger partial charge >= 0.3 is 0 Å². The molecule has 5 heteroatoms. The van der Waals surface area contributed by atoms with Crippen LogP contribution < -0.4 is 0 Å². The Morgan fingerprint density at radius 2 is 2.08 bits per heavy atom. The molecule has 1 saturated heterocycles. The van der Waals surface area contributed by atoms with Gasteiger partial charge in [0, 0.05) is 50.5 Å². The van der Waals surface area contributed by atoms with E-state index < -0.39 is 0 Å². The maximum absolute atomic E-state index is 9.59. The number of ether oxygens (including phenoxy) is 1. The number of nitrogens with zero attached hydrogens (tertiary/aromatic N) is 3. The fraction of sp³-hybridized carbons (Fsp3) is 0.550. The number of rotatable bonds is 7. The molecule has 2 heterocycles. The van der Waals surface area contributed by atoms with Gasteiger partial charge in [-0.1, -0.05) is 0 Å². The Morgan fingerprint density at radius 1 is 1.28 bits per heavy atom. The molecular formula is C20H29N3O2. The number of benzene rings is 1. The molecule has 0 radical (unpaired) electrons. The van der Waals surface area contributed by atoms with Gasteiger partial charge in [-0.05, 0) is 63.2 Å². The zero-order chi connectivity index (χ0) is 17.6. The van der Waals surface area contributed by atoms with Crippen molar-refractivity contribution in [3.63, 3.8) is 0 Å². The van der Waals surface area contributed by atoms with Crippen molar-refractivity contribution in [3.05, 3.63) is 36.0 Å². The van der Waals surface area contributed by atoms with E-state index in [0.29, 0.717) is 6.04 Å². The summed E-state index contributed by atoms with van der Waals surface area (Å²) in [5.74, 6) is 0.264. The molecule has 0 bridgehead atoms. The molecule has 1 N–H and O–H groups in total. The molecule has 0 amide bonds. The summed E-state index contributed by atoms with van der Waals surface area (Å²) < 4.78 is 5.24. The van der Waals surface area contributed by atoms with Crippen LogP contribution in [0, 0.1) is 0 Å². The summed E-state index contributed by atoms with van der Waals surface area (Å²) in [6.45, 7) is 5.11. The Hall–Kier alpha value is -1.69. The minimum Gasteiger partial charge on any atom is -0.508 e. The van der Waals surface area contributed by atoms with Crippen LogP contribution in [0.4, 0.5) is 0 Å². The van der Waals surface area contributed by atoms with E-state index in [1.165, 1.54) is 31.5 Å². The third kappa shape index (κ3) is 4.91. The Balaban J connectivity index is 1.73. The average Bonchev–Trinajstić information content (AvgIpc) is 2.62. The summed E-state index contributed by atoms with van der Waals surface area (Å²) in [7, 11) is 3.97. The second-order valence-corrected chi connectivity index (χ2v) is 7.07. The van der Waals surface area contributed by atoms with Crippen LogP contribution >= 0.6 is 0 Å². The van der Waals surface area contributed by atoms with Crippen LogP contribution in [0.2, 0.25) is 0 Å². The molecule has 1 aromatic carbocycles. The highest BCUT2D eigenvalue weighted by molar-refractivity contribution is 5.80. The van der Waals surface area contributed by atoms with Crippen LogP contribution in [0.15, 0.2) is 30.5 Å². The lowest BCUT2D eigenvalue weighted by molar-refractivity contribution is 0.0999. The Bertz CT molecular complexity index is 684. The molecule has 0 spiro atoms. The van der Waals surface area contributed by atoms with E-state index in [2.05, 4.69) is 27.9 Å². The van der Waals surface area contributed by atoms with Crippen molar-refractivity contribution < 1.29 is 9.84 Å². The molecule has 0 atom stereocenters. The molecule has 3 rings (SSSR count). The first-order valence-corrected chi connectivity index (χ1v) is 9.15. The normalized spacial score (nSPS) is 16.8. The van der Waals surface area contributed by atoms with Gasteiger partial charge in [0.1, 0.15) is 5.75 Å². The van der Waals surface area contributed by atoms with Crippen molar-refractivity contribution in [2.75, 3.05) is 40.4 Å². The lowest BCUT2D eigenvalue weighted by atomic mass is 10.0. The zero-order valence-corrected chi connectivity index (χ0v) is 15.3. The Labute approximate surface area is 150 Å². The Kier molecular flexibility index (Phi) is 6.24. The molecule has 5 nitrogen and oxygen atoms in total. The number of methoxy groups -OCH3 is 1. The summed E-state index contributed by atoms with van der Waals surface area (Å²) in [6, 6.07) is 8.20. The predicted molar refractivity (Wildman–Crippen MR) is 101 cm³/mol. The molecule has 1 aromatic heterocycles. The second kappa shape index (κ2) is 8.61. The van der Waals surface area contributed by atoms with Crippen molar-refractivity contribution in [1.29, 1.82) is 0 Å².